The molecular formula is C11H17N3O2. The van der Waals surface area contributed by atoms with Crippen LogP contribution >= 0.6 is 0 Å². The van der Waals surface area contributed by atoms with Gasteiger partial charge >= 0.3 is 5.69 Å². The Hall–Kier alpha value is -1.65. The van der Waals surface area contributed by atoms with Gasteiger partial charge in [-0.1, -0.05) is 20.8 Å². The van der Waals surface area contributed by atoms with E-state index in [2.05, 4.69) is 31.1 Å². The van der Waals surface area contributed by atoms with Gasteiger partial charge in [0.2, 0.25) is 0 Å². The van der Waals surface area contributed by atoms with Crippen molar-refractivity contribution in [3.8, 4) is 0 Å². The van der Waals surface area contributed by atoms with E-state index in [0.29, 0.717) is 5.69 Å². The van der Waals surface area contributed by atoms with E-state index in [0.717, 1.165) is 0 Å². The number of hydrogen-bond acceptors (Lipinski definition) is 4. The monoisotopic (exact) mass is 223 g/mol. The zero-order valence-corrected chi connectivity index (χ0v) is 10.0. The number of nitro groups is 1. The summed E-state index contributed by atoms with van der Waals surface area (Å²) in [5.74, 6) is 0. The smallest absolute Gasteiger partial charge is 0.310 e. The lowest BCUT2D eigenvalue weighted by Gasteiger charge is -2.28. The minimum atomic E-state index is -0.426. The molecule has 1 unspecified atom stereocenters. The predicted octanol–water partition coefficient (Wildman–Crippen LogP) is 2.84. The van der Waals surface area contributed by atoms with Gasteiger partial charge < -0.3 is 5.32 Å². The number of aromatic nitrogens is 1. The molecule has 0 aliphatic carbocycles. The van der Waals surface area contributed by atoms with E-state index in [1.165, 1.54) is 6.20 Å². The van der Waals surface area contributed by atoms with Gasteiger partial charge in [-0.25, -0.2) is 0 Å². The highest BCUT2D eigenvalue weighted by Gasteiger charge is 2.22. The lowest BCUT2D eigenvalue weighted by atomic mass is 9.88. The maximum absolute atomic E-state index is 10.8. The Balaban J connectivity index is 2.93. The van der Waals surface area contributed by atoms with Crippen molar-refractivity contribution in [3.63, 3.8) is 0 Å². The number of rotatable bonds is 3. The summed E-state index contributed by atoms with van der Waals surface area (Å²) < 4.78 is 0. The molecule has 1 heterocycles. The van der Waals surface area contributed by atoms with Crippen LogP contribution in [0.15, 0.2) is 18.5 Å². The number of nitrogens with zero attached hydrogens (tertiary/aromatic N) is 2. The topological polar surface area (TPSA) is 68.1 Å². The van der Waals surface area contributed by atoms with Gasteiger partial charge in [-0.05, 0) is 18.4 Å². The summed E-state index contributed by atoms with van der Waals surface area (Å²) in [6.07, 6.45) is 2.81. The van der Waals surface area contributed by atoms with Gasteiger partial charge in [0.05, 0.1) is 4.92 Å². The van der Waals surface area contributed by atoms with Crippen molar-refractivity contribution in [3.05, 3.63) is 28.6 Å². The van der Waals surface area contributed by atoms with Crippen LogP contribution in [0.4, 0.5) is 11.4 Å². The van der Waals surface area contributed by atoms with Crippen molar-refractivity contribution >= 4 is 11.4 Å². The molecule has 0 amide bonds. The van der Waals surface area contributed by atoms with E-state index in [1.807, 2.05) is 6.92 Å². The summed E-state index contributed by atoms with van der Waals surface area (Å²) in [5, 5.41) is 13.9. The summed E-state index contributed by atoms with van der Waals surface area (Å²) in [4.78, 5) is 14.1. The number of nitrogens with one attached hydrogen (secondary N) is 1. The second kappa shape index (κ2) is 4.47. The van der Waals surface area contributed by atoms with Crippen molar-refractivity contribution in [2.24, 2.45) is 5.41 Å². The second-order valence-electron chi connectivity index (χ2n) is 4.88. The molecule has 0 aliphatic heterocycles. The first-order chi connectivity index (χ1) is 7.32. The third kappa shape index (κ3) is 2.92. The number of anilines is 1. The van der Waals surface area contributed by atoms with Gasteiger partial charge in [-0.3, -0.25) is 15.1 Å². The third-order valence-electron chi connectivity index (χ3n) is 2.67. The van der Waals surface area contributed by atoms with Crippen molar-refractivity contribution in [2.45, 2.75) is 33.7 Å². The summed E-state index contributed by atoms with van der Waals surface area (Å²) >= 11 is 0. The van der Waals surface area contributed by atoms with E-state index in [-0.39, 0.29) is 17.1 Å². The Bertz CT molecular complexity index is 385. The molecule has 16 heavy (non-hydrogen) atoms. The third-order valence-corrected chi connectivity index (χ3v) is 2.67. The Morgan fingerprint density at radius 2 is 2.12 bits per heavy atom. The SMILES string of the molecule is CC(Nc1ccncc1[N+](=O)[O-])C(C)(C)C. The summed E-state index contributed by atoms with van der Waals surface area (Å²) in [5.41, 5.74) is 0.568. The quantitative estimate of drug-likeness (QED) is 0.632. The van der Waals surface area contributed by atoms with E-state index < -0.39 is 4.92 Å². The van der Waals surface area contributed by atoms with E-state index >= 15 is 0 Å². The molecule has 1 atom stereocenters. The van der Waals surface area contributed by atoms with Crippen molar-refractivity contribution < 1.29 is 4.92 Å². The molecule has 1 rings (SSSR count). The predicted molar refractivity (Wildman–Crippen MR) is 63.4 cm³/mol. The maximum Gasteiger partial charge on any atom is 0.310 e. The van der Waals surface area contributed by atoms with E-state index in [9.17, 15) is 10.1 Å². The molecule has 5 heteroatoms. The minimum absolute atomic E-state index is 0.0126. The maximum atomic E-state index is 10.8. The molecule has 0 saturated carbocycles. The molecule has 0 aliphatic rings. The van der Waals surface area contributed by atoms with Crippen LogP contribution in [0.25, 0.3) is 0 Å². The molecule has 1 N–H and O–H groups in total. The van der Waals surface area contributed by atoms with Crippen LogP contribution in [0.1, 0.15) is 27.7 Å². The highest BCUT2D eigenvalue weighted by Crippen LogP contribution is 2.27. The standard InChI is InChI=1S/C11H17N3O2/c1-8(11(2,3)4)13-9-5-6-12-7-10(9)14(15)16/h5-8H,1-4H3,(H,12,13). The van der Waals surface area contributed by atoms with Gasteiger partial charge in [0, 0.05) is 12.2 Å². The molecular weight excluding hydrogens is 206 g/mol. The van der Waals surface area contributed by atoms with Crippen LogP contribution in [0.3, 0.4) is 0 Å². The zero-order chi connectivity index (χ0) is 12.3. The zero-order valence-electron chi connectivity index (χ0n) is 10.0. The number of pyridine rings is 1. The lowest BCUT2D eigenvalue weighted by molar-refractivity contribution is -0.384. The number of hydrogen-bond donors (Lipinski definition) is 1. The van der Waals surface area contributed by atoms with Gasteiger partial charge in [0.25, 0.3) is 0 Å². The Morgan fingerprint density at radius 3 is 2.62 bits per heavy atom. The van der Waals surface area contributed by atoms with Crippen molar-refractivity contribution in [1.29, 1.82) is 0 Å². The summed E-state index contributed by atoms with van der Waals surface area (Å²) in [6, 6.07) is 1.76. The van der Waals surface area contributed by atoms with Crippen molar-refractivity contribution in [2.75, 3.05) is 5.32 Å². The van der Waals surface area contributed by atoms with Gasteiger partial charge in [-0.2, -0.15) is 0 Å². The molecule has 0 saturated heterocycles. The first kappa shape index (κ1) is 12.4. The fourth-order valence-corrected chi connectivity index (χ4v) is 1.10. The van der Waals surface area contributed by atoms with Crippen LogP contribution in [0.5, 0.6) is 0 Å². The normalized spacial score (nSPS) is 13.2. The minimum Gasteiger partial charge on any atom is -0.376 e. The Labute approximate surface area is 95.0 Å². The summed E-state index contributed by atoms with van der Waals surface area (Å²) in [7, 11) is 0. The van der Waals surface area contributed by atoms with E-state index in [4.69, 9.17) is 0 Å². The molecule has 0 spiro atoms. The molecule has 88 valence electrons. The Morgan fingerprint density at radius 1 is 1.50 bits per heavy atom. The average Bonchev–Trinajstić information content (AvgIpc) is 2.16. The van der Waals surface area contributed by atoms with Crippen LogP contribution in [-0.2, 0) is 0 Å². The van der Waals surface area contributed by atoms with Gasteiger partial charge in [0.1, 0.15) is 11.9 Å². The Kier molecular flexibility index (Phi) is 3.47. The molecule has 0 fully saturated rings. The summed E-state index contributed by atoms with van der Waals surface area (Å²) in [6.45, 7) is 8.25. The molecule has 0 aromatic carbocycles. The van der Waals surface area contributed by atoms with Gasteiger partial charge in [0.15, 0.2) is 0 Å². The fourth-order valence-electron chi connectivity index (χ4n) is 1.10. The fraction of sp³-hybridized carbons (Fsp3) is 0.545. The van der Waals surface area contributed by atoms with Crippen molar-refractivity contribution in [1.82, 2.24) is 4.98 Å². The first-order valence-corrected chi connectivity index (χ1v) is 5.17. The molecule has 0 radical (unpaired) electrons. The highest BCUT2D eigenvalue weighted by atomic mass is 16.6. The van der Waals surface area contributed by atoms with Crippen LogP contribution in [0.2, 0.25) is 0 Å². The molecule has 0 bridgehead atoms. The second-order valence-corrected chi connectivity index (χ2v) is 4.88. The van der Waals surface area contributed by atoms with E-state index in [1.54, 1.807) is 12.3 Å². The highest BCUT2D eigenvalue weighted by molar-refractivity contribution is 5.60. The van der Waals surface area contributed by atoms with Gasteiger partial charge in [-0.15, -0.1) is 0 Å². The molecule has 1 aromatic rings. The average molecular weight is 223 g/mol. The largest absolute Gasteiger partial charge is 0.376 e. The van der Waals surface area contributed by atoms with Crippen LogP contribution < -0.4 is 5.32 Å². The van der Waals surface area contributed by atoms with Crippen LogP contribution in [0, 0.1) is 15.5 Å². The molecule has 1 aromatic heterocycles. The molecule has 5 nitrogen and oxygen atoms in total. The van der Waals surface area contributed by atoms with Crippen LogP contribution in [-0.4, -0.2) is 15.9 Å². The lowest BCUT2D eigenvalue weighted by Crippen LogP contribution is -2.31. The first-order valence-electron chi connectivity index (χ1n) is 5.17.